The Morgan fingerprint density at radius 3 is 1.33 bits per heavy atom. The monoisotopic (exact) mass is 438 g/mol. The second-order valence-corrected chi connectivity index (χ2v) is 9.30. The van der Waals surface area contributed by atoms with Gasteiger partial charge in [0.25, 0.3) is 0 Å². The molecule has 0 amide bonds. The molecule has 0 atom stereocenters. The predicted molar refractivity (Wildman–Crippen MR) is 141 cm³/mol. The van der Waals surface area contributed by atoms with Crippen molar-refractivity contribution in [3.05, 3.63) is 110 Å². The highest BCUT2D eigenvalue weighted by molar-refractivity contribution is 7.27. The van der Waals surface area contributed by atoms with E-state index in [1.807, 2.05) is 48.3 Å². The minimum Gasteiger partial charge on any atom is -0.264 e. The number of benzene rings is 4. The number of rotatable bonds is 2. The molecule has 0 saturated carbocycles. The summed E-state index contributed by atoms with van der Waals surface area (Å²) in [6, 6.07) is 30.5. The van der Waals surface area contributed by atoms with Crippen molar-refractivity contribution in [2.75, 3.05) is 0 Å². The zero-order valence-corrected chi connectivity index (χ0v) is 18.5. The average Bonchev–Trinajstić information content (AvgIpc) is 3.28. The molecule has 0 aliphatic rings. The molecule has 0 N–H and O–H groups in total. The van der Waals surface area contributed by atoms with Crippen LogP contribution in [0.15, 0.2) is 110 Å². The molecule has 7 rings (SSSR count). The maximum Gasteiger partial charge on any atom is 0.0434 e. The van der Waals surface area contributed by atoms with E-state index in [0.29, 0.717) is 0 Å². The van der Waals surface area contributed by atoms with Gasteiger partial charge in [-0.15, -0.1) is 11.3 Å². The minimum absolute atomic E-state index is 1.14. The Balaban J connectivity index is 1.68. The topological polar surface area (TPSA) is 25.8 Å². The molecule has 0 aliphatic carbocycles. The normalized spacial score (nSPS) is 11.6. The van der Waals surface area contributed by atoms with E-state index in [0.717, 1.165) is 11.1 Å². The summed E-state index contributed by atoms with van der Waals surface area (Å²) in [4.78, 5) is 8.78. The first-order chi connectivity index (χ1) is 16.4. The summed E-state index contributed by atoms with van der Waals surface area (Å²) in [7, 11) is 0. The lowest BCUT2D eigenvalue weighted by molar-refractivity contribution is 1.33. The number of fused-ring (bicyclic) bond motifs is 7. The van der Waals surface area contributed by atoms with Crippen LogP contribution in [0, 0.1) is 0 Å². The lowest BCUT2D eigenvalue weighted by atomic mass is 9.93. The van der Waals surface area contributed by atoms with E-state index in [9.17, 15) is 0 Å². The second-order valence-electron chi connectivity index (χ2n) is 8.28. The van der Waals surface area contributed by atoms with Gasteiger partial charge in [-0.25, -0.2) is 0 Å². The SMILES string of the molecule is c1cncc(-c2cc3c4cc(-c5cccnc5)c5ccccc5c4sc3c3ccccc23)c1. The van der Waals surface area contributed by atoms with Gasteiger partial charge in [0, 0.05) is 66.9 Å². The van der Waals surface area contributed by atoms with E-state index in [-0.39, 0.29) is 0 Å². The maximum absolute atomic E-state index is 4.39. The highest BCUT2D eigenvalue weighted by atomic mass is 32.1. The van der Waals surface area contributed by atoms with Crippen LogP contribution in [0.5, 0.6) is 0 Å². The Bertz CT molecular complexity index is 1670. The summed E-state index contributed by atoms with van der Waals surface area (Å²) in [5.41, 5.74) is 4.73. The first kappa shape index (κ1) is 18.5. The lowest BCUT2D eigenvalue weighted by Gasteiger charge is -2.10. The van der Waals surface area contributed by atoms with E-state index >= 15 is 0 Å². The van der Waals surface area contributed by atoms with Crippen LogP contribution in [0.3, 0.4) is 0 Å². The van der Waals surface area contributed by atoms with E-state index in [1.165, 1.54) is 52.8 Å². The van der Waals surface area contributed by atoms with Crippen molar-refractivity contribution in [3.63, 3.8) is 0 Å². The molecule has 0 spiro atoms. The van der Waals surface area contributed by atoms with Crippen molar-refractivity contribution < 1.29 is 0 Å². The van der Waals surface area contributed by atoms with Gasteiger partial charge in [-0.1, -0.05) is 60.7 Å². The first-order valence-electron chi connectivity index (χ1n) is 11.0. The van der Waals surface area contributed by atoms with Gasteiger partial charge in [-0.2, -0.15) is 0 Å². The van der Waals surface area contributed by atoms with E-state index < -0.39 is 0 Å². The van der Waals surface area contributed by atoms with Crippen LogP contribution in [0.1, 0.15) is 0 Å². The van der Waals surface area contributed by atoms with E-state index in [2.05, 4.69) is 82.8 Å². The molecule has 3 heteroatoms. The van der Waals surface area contributed by atoms with Crippen LogP contribution in [0.2, 0.25) is 0 Å². The Morgan fingerprint density at radius 2 is 0.909 bits per heavy atom. The number of hydrogen-bond donors (Lipinski definition) is 0. The quantitative estimate of drug-likeness (QED) is 0.270. The van der Waals surface area contributed by atoms with Crippen molar-refractivity contribution in [2.24, 2.45) is 0 Å². The van der Waals surface area contributed by atoms with Gasteiger partial charge in [0.15, 0.2) is 0 Å². The maximum atomic E-state index is 4.39. The molecule has 0 aliphatic heterocycles. The molecule has 3 aromatic heterocycles. The van der Waals surface area contributed by atoms with E-state index in [4.69, 9.17) is 0 Å². The molecule has 33 heavy (non-hydrogen) atoms. The zero-order chi connectivity index (χ0) is 21.8. The van der Waals surface area contributed by atoms with Crippen molar-refractivity contribution in [3.8, 4) is 22.3 Å². The van der Waals surface area contributed by atoms with Crippen molar-refractivity contribution in [1.82, 2.24) is 9.97 Å². The number of nitrogens with zero attached hydrogens (tertiary/aromatic N) is 2. The first-order valence-corrected chi connectivity index (χ1v) is 11.8. The van der Waals surface area contributed by atoms with Crippen molar-refractivity contribution >= 4 is 53.1 Å². The number of thiophene rings is 1. The van der Waals surface area contributed by atoms with Gasteiger partial charge in [0.05, 0.1) is 0 Å². The summed E-state index contributed by atoms with van der Waals surface area (Å²) >= 11 is 1.90. The minimum atomic E-state index is 1.14. The fraction of sp³-hybridized carbons (Fsp3) is 0. The molecule has 0 radical (unpaired) electrons. The van der Waals surface area contributed by atoms with Crippen LogP contribution in [-0.2, 0) is 0 Å². The lowest BCUT2D eigenvalue weighted by Crippen LogP contribution is -1.85. The highest BCUT2D eigenvalue weighted by Crippen LogP contribution is 2.46. The Kier molecular flexibility index (Phi) is 4.05. The third-order valence-corrected chi connectivity index (χ3v) is 7.72. The van der Waals surface area contributed by atoms with Gasteiger partial charge in [-0.3, -0.25) is 9.97 Å². The molecular formula is C30H18N2S. The van der Waals surface area contributed by atoms with Crippen molar-refractivity contribution in [1.29, 1.82) is 0 Å². The van der Waals surface area contributed by atoms with Crippen LogP contribution in [0.25, 0.3) is 64.0 Å². The van der Waals surface area contributed by atoms with Crippen LogP contribution in [0.4, 0.5) is 0 Å². The fourth-order valence-corrected chi connectivity index (χ4v) is 6.28. The fourth-order valence-electron chi connectivity index (χ4n) is 4.94. The molecule has 4 aromatic carbocycles. The molecule has 0 unspecified atom stereocenters. The van der Waals surface area contributed by atoms with Gasteiger partial charge in [0.2, 0.25) is 0 Å². The zero-order valence-electron chi connectivity index (χ0n) is 17.7. The number of hydrogen-bond acceptors (Lipinski definition) is 3. The van der Waals surface area contributed by atoms with Gasteiger partial charge >= 0.3 is 0 Å². The third kappa shape index (κ3) is 2.80. The molecule has 0 bridgehead atoms. The number of aromatic nitrogens is 2. The molecule has 2 nitrogen and oxygen atoms in total. The van der Waals surface area contributed by atoms with Gasteiger partial charge in [-0.05, 0) is 46.2 Å². The van der Waals surface area contributed by atoms with Crippen LogP contribution in [-0.4, -0.2) is 9.97 Å². The summed E-state index contributed by atoms with van der Waals surface area (Å²) < 4.78 is 2.67. The Hall–Kier alpha value is -4.08. The average molecular weight is 439 g/mol. The third-order valence-electron chi connectivity index (χ3n) is 6.43. The smallest absolute Gasteiger partial charge is 0.0434 e. The van der Waals surface area contributed by atoms with E-state index in [1.54, 1.807) is 0 Å². The molecule has 0 saturated heterocycles. The Morgan fingerprint density at radius 1 is 0.455 bits per heavy atom. The molecule has 3 heterocycles. The predicted octanol–water partition coefficient (Wildman–Crippen LogP) is 8.48. The van der Waals surface area contributed by atoms with Crippen LogP contribution < -0.4 is 0 Å². The standard InChI is InChI=1S/C30H18N2S/c1-3-11-23-21(9-1)25(19-7-5-13-31-17-19)15-27-28-16-26(20-8-6-14-32-18-20)22-10-2-4-12-24(22)30(28)33-29(23)27/h1-18H. The summed E-state index contributed by atoms with van der Waals surface area (Å²) in [6.07, 6.45) is 7.57. The molecule has 0 fully saturated rings. The highest BCUT2D eigenvalue weighted by Gasteiger charge is 2.17. The molecule has 154 valence electrons. The number of pyridine rings is 2. The van der Waals surface area contributed by atoms with Gasteiger partial charge < -0.3 is 0 Å². The van der Waals surface area contributed by atoms with Gasteiger partial charge in [0.1, 0.15) is 0 Å². The summed E-state index contributed by atoms with van der Waals surface area (Å²) in [5, 5.41) is 7.71. The van der Waals surface area contributed by atoms with Crippen molar-refractivity contribution in [2.45, 2.75) is 0 Å². The summed E-state index contributed by atoms with van der Waals surface area (Å²) in [6.45, 7) is 0. The van der Waals surface area contributed by atoms with Crippen LogP contribution >= 0.6 is 11.3 Å². The Labute approximate surface area is 194 Å². The molecule has 7 aromatic rings. The largest absolute Gasteiger partial charge is 0.264 e. The second kappa shape index (κ2) is 7.22. The molecular weight excluding hydrogens is 420 g/mol. The summed E-state index contributed by atoms with van der Waals surface area (Å²) in [5.74, 6) is 0.